The Kier molecular flexibility index (Phi) is 3.58. The Morgan fingerprint density at radius 3 is 2.38 bits per heavy atom. The van der Waals surface area contributed by atoms with Crippen LogP contribution in [0.15, 0.2) is 25.5 Å². The van der Waals surface area contributed by atoms with Gasteiger partial charge in [-0.25, -0.2) is 0 Å². The zero-order valence-electron chi connectivity index (χ0n) is 4.59. The molecule has 0 aromatic carbocycles. The molecule has 0 amide bonds. The molecule has 1 aliphatic heterocycles. The molecular formula is C6H8O2. The lowest BCUT2D eigenvalue weighted by Crippen LogP contribution is -1.91. The Hall–Kier alpha value is -1.05. The van der Waals surface area contributed by atoms with Gasteiger partial charge < -0.3 is 4.74 Å². The highest BCUT2D eigenvalue weighted by Gasteiger charge is 1.99. The fourth-order valence-corrected chi connectivity index (χ4v) is 0.302. The van der Waals surface area contributed by atoms with Crippen LogP contribution in [0.2, 0.25) is 0 Å². The molecule has 8 heavy (non-hydrogen) atoms. The second-order valence-electron chi connectivity index (χ2n) is 1.08. The standard InChI is InChI=1S/C4H4O2.C2H4/c5-4-1-2-6-3-4;1-2/h1-2H,3H2;1-2H2. The third-order valence-corrected chi connectivity index (χ3v) is 0.576. The average Bonchev–Trinajstić information content (AvgIpc) is 2.24. The summed E-state index contributed by atoms with van der Waals surface area (Å²) in [5, 5.41) is 0. The van der Waals surface area contributed by atoms with E-state index >= 15 is 0 Å². The van der Waals surface area contributed by atoms with Gasteiger partial charge in [0.05, 0.1) is 6.26 Å². The Labute approximate surface area is 48.5 Å². The Balaban J connectivity index is 0.000000222. The van der Waals surface area contributed by atoms with Gasteiger partial charge in [0.25, 0.3) is 0 Å². The van der Waals surface area contributed by atoms with E-state index in [1.54, 1.807) is 0 Å². The zero-order chi connectivity index (χ0) is 6.41. The highest BCUT2D eigenvalue weighted by atomic mass is 16.5. The molecule has 1 aliphatic rings. The van der Waals surface area contributed by atoms with Crippen molar-refractivity contribution in [1.29, 1.82) is 0 Å². The van der Waals surface area contributed by atoms with Gasteiger partial charge in [-0.15, -0.1) is 13.2 Å². The molecule has 0 radical (unpaired) electrons. The molecule has 0 spiro atoms. The largest absolute Gasteiger partial charge is 0.493 e. The van der Waals surface area contributed by atoms with Gasteiger partial charge >= 0.3 is 0 Å². The van der Waals surface area contributed by atoms with Crippen LogP contribution in [-0.2, 0) is 9.53 Å². The molecule has 0 N–H and O–H groups in total. The molecular weight excluding hydrogens is 104 g/mol. The quantitative estimate of drug-likeness (QED) is 0.435. The van der Waals surface area contributed by atoms with E-state index in [-0.39, 0.29) is 12.4 Å². The number of rotatable bonds is 0. The van der Waals surface area contributed by atoms with Crippen LogP contribution < -0.4 is 0 Å². The van der Waals surface area contributed by atoms with Gasteiger partial charge in [-0.3, -0.25) is 4.79 Å². The molecule has 2 nitrogen and oxygen atoms in total. The lowest BCUT2D eigenvalue weighted by Gasteiger charge is -1.79. The molecule has 2 heteroatoms. The molecule has 0 atom stereocenters. The van der Waals surface area contributed by atoms with Gasteiger partial charge in [-0.2, -0.15) is 0 Å². The van der Waals surface area contributed by atoms with Gasteiger partial charge in [0.15, 0.2) is 5.78 Å². The minimum Gasteiger partial charge on any atom is -0.493 e. The van der Waals surface area contributed by atoms with Gasteiger partial charge in [0.2, 0.25) is 0 Å². The summed E-state index contributed by atoms with van der Waals surface area (Å²) in [5.74, 6) is 0.0509. The highest BCUT2D eigenvalue weighted by Crippen LogP contribution is 1.89. The Bertz CT molecular complexity index is 105. The SMILES string of the molecule is C=C.O=C1C=COC1. The van der Waals surface area contributed by atoms with E-state index in [1.807, 2.05) is 0 Å². The predicted octanol–water partition coefficient (Wildman–Crippen LogP) is 0.902. The first-order valence-electron chi connectivity index (χ1n) is 2.20. The lowest BCUT2D eigenvalue weighted by molar-refractivity contribution is -0.115. The number of carbonyl (C=O) groups is 1. The second kappa shape index (κ2) is 4.12. The van der Waals surface area contributed by atoms with Gasteiger partial charge in [-0.05, 0) is 0 Å². The van der Waals surface area contributed by atoms with Crippen LogP contribution in [0, 0.1) is 0 Å². The number of hydrogen-bond donors (Lipinski definition) is 0. The molecule has 0 saturated carbocycles. The maximum Gasteiger partial charge on any atom is 0.196 e. The van der Waals surface area contributed by atoms with Gasteiger partial charge in [0.1, 0.15) is 6.61 Å². The maximum absolute atomic E-state index is 10.0. The highest BCUT2D eigenvalue weighted by molar-refractivity contribution is 5.92. The minimum atomic E-state index is 0.0509. The normalized spacial score (nSPS) is 14.2. The molecule has 0 fully saturated rings. The van der Waals surface area contributed by atoms with Crippen molar-refractivity contribution >= 4 is 5.78 Å². The lowest BCUT2D eigenvalue weighted by atomic mass is 10.5. The summed E-state index contributed by atoms with van der Waals surface area (Å²) in [5.41, 5.74) is 0. The minimum absolute atomic E-state index is 0.0509. The molecule has 0 bridgehead atoms. The summed E-state index contributed by atoms with van der Waals surface area (Å²) in [6.45, 7) is 6.24. The fourth-order valence-electron chi connectivity index (χ4n) is 0.302. The van der Waals surface area contributed by atoms with E-state index < -0.39 is 0 Å². The molecule has 1 rings (SSSR count). The monoisotopic (exact) mass is 112 g/mol. The van der Waals surface area contributed by atoms with Crippen molar-refractivity contribution in [3.63, 3.8) is 0 Å². The summed E-state index contributed by atoms with van der Waals surface area (Å²) in [7, 11) is 0. The van der Waals surface area contributed by atoms with Crippen molar-refractivity contribution in [1.82, 2.24) is 0 Å². The average molecular weight is 112 g/mol. The summed E-state index contributed by atoms with van der Waals surface area (Å²) in [4.78, 5) is 10.0. The van der Waals surface area contributed by atoms with Gasteiger partial charge in [-0.1, -0.05) is 0 Å². The Morgan fingerprint density at radius 2 is 2.25 bits per heavy atom. The van der Waals surface area contributed by atoms with Crippen LogP contribution in [0.5, 0.6) is 0 Å². The third-order valence-electron chi connectivity index (χ3n) is 0.576. The molecule has 0 saturated heterocycles. The van der Waals surface area contributed by atoms with E-state index in [1.165, 1.54) is 12.3 Å². The maximum atomic E-state index is 10.0. The van der Waals surface area contributed by atoms with E-state index in [0.29, 0.717) is 0 Å². The first-order valence-corrected chi connectivity index (χ1v) is 2.20. The molecule has 1 heterocycles. The molecule has 0 aromatic heterocycles. The Morgan fingerprint density at radius 1 is 1.62 bits per heavy atom. The van der Waals surface area contributed by atoms with Crippen molar-refractivity contribution in [2.45, 2.75) is 0 Å². The topological polar surface area (TPSA) is 26.3 Å². The van der Waals surface area contributed by atoms with Crippen molar-refractivity contribution < 1.29 is 9.53 Å². The molecule has 0 unspecified atom stereocenters. The number of carbonyl (C=O) groups excluding carboxylic acids is 1. The summed E-state index contributed by atoms with van der Waals surface area (Å²) < 4.78 is 4.53. The predicted molar refractivity (Wildman–Crippen MR) is 31.4 cm³/mol. The molecule has 0 aromatic rings. The number of ketones is 1. The summed E-state index contributed by atoms with van der Waals surface area (Å²) in [6.07, 6.45) is 2.82. The first-order chi connectivity index (χ1) is 3.89. The zero-order valence-corrected chi connectivity index (χ0v) is 4.59. The van der Waals surface area contributed by atoms with Gasteiger partial charge in [0, 0.05) is 6.08 Å². The van der Waals surface area contributed by atoms with E-state index in [2.05, 4.69) is 17.9 Å². The smallest absolute Gasteiger partial charge is 0.196 e. The number of ether oxygens (including phenoxy) is 1. The van der Waals surface area contributed by atoms with Crippen molar-refractivity contribution in [3.05, 3.63) is 25.5 Å². The van der Waals surface area contributed by atoms with Crippen LogP contribution in [0.4, 0.5) is 0 Å². The third kappa shape index (κ3) is 2.18. The van der Waals surface area contributed by atoms with Crippen molar-refractivity contribution in [3.8, 4) is 0 Å². The van der Waals surface area contributed by atoms with Crippen LogP contribution in [0.3, 0.4) is 0 Å². The second-order valence-corrected chi connectivity index (χ2v) is 1.08. The molecule has 44 valence electrons. The summed E-state index contributed by atoms with van der Waals surface area (Å²) >= 11 is 0. The number of hydrogen-bond acceptors (Lipinski definition) is 2. The molecule has 0 aliphatic carbocycles. The van der Waals surface area contributed by atoms with E-state index in [9.17, 15) is 4.79 Å². The van der Waals surface area contributed by atoms with E-state index in [0.717, 1.165) is 0 Å². The first kappa shape index (κ1) is 6.95. The van der Waals surface area contributed by atoms with Crippen LogP contribution in [0.25, 0.3) is 0 Å². The van der Waals surface area contributed by atoms with E-state index in [4.69, 9.17) is 0 Å². The van der Waals surface area contributed by atoms with Crippen LogP contribution >= 0.6 is 0 Å². The van der Waals surface area contributed by atoms with Crippen LogP contribution in [0.1, 0.15) is 0 Å². The summed E-state index contributed by atoms with van der Waals surface area (Å²) in [6, 6.07) is 0. The fraction of sp³-hybridized carbons (Fsp3) is 0.167. The van der Waals surface area contributed by atoms with Crippen molar-refractivity contribution in [2.24, 2.45) is 0 Å². The van der Waals surface area contributed by atoms with Crippen molar-refractivity contribution in [2.75, 3.05) is 6.61 Å². The van der Waals surface area contributed by atoms with Crippen LogP contribution in [-0.4, -0.2) is 12.4 Å².